The van der Waals surface area contributed by atoms with Crippen molar-refractivity contribution in [3.8, 4) is 0 Å². The molecule has 1 aromatic heterocycles. The van der Waals surface area contributed by atoms with Crippen molar-refractivity contribution in [1.29, 1.82) is 0 Å². The number of imide groups is 1. The van der Waals surface area contributed by atoms with Crippen molar-refractivity contribution < 1.29 is 18.8 Å². The van der Waals surface area contributed by atoms with Crippen LogP contribution in [0.5, 0.6) is 0 Å². The van der Waals surface area contributed by atoms with Crippen LogP contribution in [-0.4, -0.2) is 41.4 Å². The number of benzene rings is 1. The molecule has 1 saturated carbocycles. The molecule has 7 nitrogen and oxygen atoms in total. The fraction of sp³-hybridized carbons (Fsp3) is 0.435. The summed E-state index contributed by atoms with van der Waals surface area (Å²) in [5.41, 5.74) is 1.06. The minimum absolute atomic E-state index is 0.116. The summed E-state index contributed by atoms with van der Waals surface area (Å²) in [6.07, 6.45) is 7.91. The number of aryl methyl sites for hydroxylation is 1. The van der Waals surface area contributed by atoms with E-state index >= 15 is 0 Å². The molecule has 1 spiro atoms. The molecule has 0 unspecified atom stereocenters. The van der Waals surface area contributed by atoms with Crippen molar-refractivity contribution in [3.05, 3.63) is 41.7 Å². The second-order valence-corrected chi connectivity index (χ2v) is 7.94. The summed E-state index contributed by atoms with van der Waals surface area (Å²) in [7, 11) is 0. The largest absolute Gasteiger partial charge is 0.460 e. The first-order valence-corrected chi connectivity index (χ1v) is 10.6. The third kappa shape index (κ3) is 3.72. The summed E-state index contributed by atoms with van der Waals surface area (Å²) in [6, 6.07) is 7.44. The van der Waals surface area contributed by atoms with E-state index in [0.717, 1.165) is 54.4 Å². The molecule has 30 heavy (non-hydrogen) atoms. The van der Waals surface area contributed by atoms with Crippen LogP contribution in [-0.2, 0) is 16.0 Å². The van der Waals surface area contributed by atoms with E-state index in [0.29, 0.717) is 19.5 Å². The zero-order valence-electron chi connectivity index (χ0n) is 17.2. The maximum Gasteiger partial charge on any atom is 0.325 e. The average molecular weight is 409 g/mol. The van der Waals surface area contributed by atoms with E-state index in [1.165, 1.54) is 11.0 Å². The number of nitrogens with one attached hydrogen (secondary N) is 2. The van der Waals surface area contributed by atoms with Gasteiger partial charge in [0, 0.05) is 36.5 Å². The topological polar surface area (TPSA) is 91.7 Å². The molecule has 7 heteroatoms. The van der Waals surface area contributed by atoms with Crippen LogP contribution in [0.3, 0.4) is 0 Å². The van der Waals surface area contributed by atoms with Gasteiger partial charge in [0.2, 0.25) is 5.91 Å². The molecule has 1 aliphatic heterocycles. The number of hydrogen-bond acceptors (Lipinski definition) is 4. The van der Waals surface area contributed by atoms with Crippen LogP contribution in [0.2, 0.25) is 0 Å². The quantitative estimate of drug-likeness (QED) is 0.417. The van der Waals surface area contributed by atoms with Crippen LogP contribution in [0.25, 0.3) is 17.0 Å². The molecule has 1 aromatic carbocycles. The molecule has 2 N–H and O–H groups in total. The minimum atomic E-state index is -0.673. The highest BCUT2D eigenvalue weighted by Crippen LogP contribution is 2.35. The molecule has 0 atom stereocenters. The molecule has 2 heterocycles. The Hall–Kier alpha value is -3.09. The molecule has 0 radical (unpaired) electrons. The normalized spacial score (nSPS) is 18.1. The van der Waals surface area contributed by atoms with Gasteiger partial charge < -0.3 is 15.1 Å². The Labute approximate surface area is 175 Å². The van der Waals surface area contributed by atoms with Crippen molar-refractivity contribution in [2.45, 2.75) is 51.0 Å². The van der Waals surface area contributed by atoms with E-state index in [9.17, 15) is 14.4 Å². The third-order valence-corrected chi connectivity index (χ3v) is 5.99. The standard InChI is InChI=1S/C23H27N3O4/c1-2-18-17(16-8-3-4-9-19(16)30-18)10-11-20(27)24-14-7-15-26-21(28)23(25-22(26)29)12-5-6-13-23/h3-4,8-11H,2,5-7,12-15H2,1H3,(H,24,27)(H,25,29)/b11-10+. The first-order chi connectivity index (χ1) is 14.5. The van der Waals surface area contributed by atoms with Gasteiger partial charge in [-0.25, -0.2) is 4.79 Å². The van der Waals surface area contributed by atoms with Gasteiger partial charge in [-0.1, -0.05) is 38.0 Å². The predicted octanol–water partition coefficient (Wildman–Crippen LogP) is 3.38. The molecule has 4 amide bonds. The highest BCUT2D eigenvalue weighted by molar-refractivity contribution is 6.07. The van der Waals surface area contributed by atoms with Gasteiger partial charge in [-0.05, 0) is 31.4 Å². The molecule has 1 aliphatic carbocycles. The second kappa shape index (κ2) is 8.34. The maximum absolute atomic E-state index is 12.6. The summed E-state index contributed by atoms with van der Waals surface area (Å²) < 4.78 is 5.84. The van der Waals surface area contributed by atoms with Crippen molar-refractivity contribution in [2.75, 3.05) is 13.1 Å². The van der Waals surface area contributed by atoms with Gasteiger partial charge in [-0.3, -0.25) is 14.5 Å². The van der Waals surface area contributed by atoms with Crippen LogP contribution in [0.1, 0.15) is 50.4 Å². The van der Waals surface area contributed by atoms with Crippen LogP contribution < -0.4 is 10.6 Å². The zero-order valence-corrected chi connectivity index (χ0v) is 17.2. The molecule has 2 fully saturated rings. The number of rotatable bonds is 7. The first-order valence-electron chi connectivity index (χ1n) is 10.6. The lowest BCUT2D eigenvalue weighted by atomic mass is 9.98. The van der Waals surface area contributed by atoms with E-state index in [2.05, 4.69) is 10.6 Å². The molecule has 2 aromatic rings. The van der Waals surface area contributed by atoms with Gasteiger partial charge in [-0.15, -0.1) is 0 Å². The Morgan fingerprint density at radius 2 is 2.03 bits per heavy atom. The summed E-state index contributed by atoms with van der Waals surface area (Å²) in [5, 5.41) is 6.67. The van der Waals surface area contributed by atoms with Gasteiger partial charge in [-0.2, -0.15) is 0 Å². The van der Waals surface area contributed by atoms with Gasteiger partial charge in [0.15, 0.2) is 0 Å². The number of hydrogen-bond donors (Lipinski definition) is 2. The van der Waals surface area contributed by atoms with E-state index in [-0.39, 0.29) is 17.8 Å². The zero-order chi connectivity index (χ0) is 21.1. The average Bonchev–Trinajstić information content (AvgIpc) is 3.42. The molecule has 2 aliphatic rings. The second-order valence-electron chi connectivity index (χ2n) is 7.94. The fourth-order valence-corrected chi connectivity index (χ4v) is 4.42. The van der Waals surface area contributed by atoms with E-state index in [1.807, 2.05) is 31.2 Å². The van der Waals surface area contributed by atoms with Crippen LogP contribution in [0.4, 0.5) is 4.79 Å². The molecular weight excluding hydrogens is 382 g/mol. The van der Waals surface area contributed by atoms with E-state index in [1.54, 1.807) is 6.08 Å². The number of carbonyl (C=O) groups excluding carboxylic acids is 3. The Morgan fingerprint density at radius 3 is 2.80 bits per heavy atom. The number of urea groups is 1. The van der Waals surface area contributed by atoms with E-state index < -0.39 is 5.54 Å². The van der Waals surface area contributed by atoms with Crippen molar-refractivity contribution in [1.82, 2.24) is 15.5 Å². The third-order valence-electron chi connectivity index (χ3n) is 5.99. The number of carbonyl (C=O) groups is 3. The number of amides is 4. The summed E-state index contributed by atoms with van der Waals surface area (Å²) in [5.74, 6) is 0.515. The highest BCUT2D eigenvalue weighted by atomic mass is 16.3. The van der Waals surface area contributed by atoms with Gasteiger partial charge >= 0.3 is 6.03 Å². The molecule has 158 valence electrons. The van der Waals surface area contributed by atoms with E-state index in [4.69, 9.17) is 4.42 Å². The summed E-state index contributed by atoms with van der Waals surface area (Å²) >= 11 is 0. The maximum atomic E-state index is 12.6. The number of fused-ring (bicyclic) bond motifs is 1. The lowest BCUT2D eigenvalue weighted by Gasteiger charge is -2.19. The molecular formula is C23H27N3O4. The van der Waals surface area contributed by atoms with Gasteiger partial charge in [0.25, 0.3) is 5.91 Å². The fourth-order valence-electron chi connectivity index (χ4n) is 4.42. The number of furan rings is 1. The van der Waals surface area contributed by atoms with Gasteiger partial charge in [0.05, 0.1) is 0 Å². The summed E-state index contributed by atoms with van der Waals surface area (Å²) in [4.78, 5) is 38.3. The Kier molecular flexibility index (Phi) is 5.61. The minimum Gasteiger partial charge on any atom is -0.460 e. The van der Waals surface area contributed by atoms with Crippen LogP contribution in [0.15, 0.2) is 34.8 Å². The number of nitrogens with zero attached hydrogens (tertiary/aromatic N) is 1. The van der Waals surface area contributed by atoms with Crippen molar-refractivity contribution >= 4 is 34.9 Å². The van der Waals surface area contributed by atoms with Crippen molar-refractivity contribution in [3.63, 3.8) is 0 Å². The smallest absolute Gasteiger partial charge is 0.325 e. The monoisotopic (exact) mass is 409 g/mol. The highest BCUT2D eigenvalue weighted by Gasteiger charge is 2.51. The Morgan fingerprint density at radius 1 is 1.27 bits per heavy atom. The number of para-hydroxylation sites is 1. The van der Waals surface area contributed by atoms with Crippen LogP contribution >= 0.6 is 0 Å². The Balaban J connectivity index is 1.29. The molecule has 0 bridgehead atoms. The van der Waals surface area contributed by atoms with Gasteiger partial charge in [0.1, 0.15) is 16.9 Å². The SMILES string of the molecule is CCc1oc2ccccc2c1/C=C/C(=O)NCCCN1C(=O)NC2(CCCC2)C1=O. The lowest BCUT2D eigenvalue weighted by Crippen LogP contribution is -2.44. The predicted molar refractivity (Wildman–Crippen MR) is 114 cm³/mol. The molecule has 4 rings (SSSR count). The lowest BCUT2D eigenvalue weighted by molar-refractivity contribution is -0.131. The van der Waals surface area contributed by atoms with Crippen molar-refractivity contribution in [2.24, 2.45) is 0 Å². The summed E-state index contributed by atoms with van der Waals surface area (Å²) in [6.45, 7) is 2.71. The molecule has 1 saturated heterocycles. The first kappa shape index (κ1) is 20.2. The Bertz CT molecular complexity index is 1000. The van der Waals surface area contributed by atoms with Crippen LogP contribution in [0, 0.1) is 0 Å².